The number of carbonyl (C=O) groups is 2. The lowest BCUT2D eigenvalue weighted by molar-refractivity contribution is -0.109. The number of carbonyl (C=O) groups excluding carboxylic acids is 2. The first-order valence-corrected chi connectivity index (χ1v) is 12.8. The summed E-state index contributed by atoms with van der Waals surface area (Å²) in [5.41, 5.74) is 0.643. The molecule has 2 aromatic carbocycles. The molecule has 2 rings (SSSR count). The number of esters is 1. The van der Waals surface area contributed by atoms with Crippen LogP contribution in [-0.4, -0.2) is 43.4 Å². The Morgan fingerprint density at radius 2 is 1.78 bits per heavy atom. The van der Waals surface area contributed by atoms with Crippen molar-refractivity contribution in [1.29, 1.82) is 0 Å². The van der Waals surface area contributed by atoms with Crippen LogP contribution in [0.15, 0.2) is 47.4 Å². The lowest BCUT2D eigenvalue weighted by atomic mass is 10.1. The molecule has 1 unspecified atom stereocenters. The molecule has 0 aliphatic rings. The van der Waals surface area contributed by atoms with E-state index in [0.717, 1.165) is 11.8 Å². The van der Waals surface area contributed by atoms with E-state index in [1.54, 1.807) is 25.1 Å². The number of aliphatic hydroxyl groups excluding tert-OH is 1. The van der Waals surface area contributed by atoms with Crippen molar-refractivity contribution in [2.45, 2.75) is 43.1 Å². The minimum atomic E-state index is -3.97. The molecule has 0 amide bonds. The molecule has 7 nitrogen and oxygen atoms in total. The predicted molar refractivity (Wildman–Crippen MR) is 126 cm³/mol. The van der Waals surface area contributed by atoms with Crippen molar-refractivity contribution in [3.05, 3.63) is 63.6 Å². The van der Waals surface area contributed by atoms with E-state index in [9.17, 15) is 23.1 Å². The summed E-state index contributed by atoms with van der Waals surface area (Å²) in [6.07, 6.45) is -1.07. The fourth-order valence-corrected chi connectivity index (χ4v) is 5.25. The number of aliphatic hydroxyl groups is 1. The van der Waals surface area contributed by atoms with Crippen LogP contribution in [0.3, 0.4) is 0 Å². The van der Waals surface area contributed by atoms with Gasteiger partial charge in [0.2, 0.25) is 10.0 Å². The molecule has 174 valence electrons. The van der Waals surface area contributed by atoms with Crippen LogP contribution < -0.4 is 4.72 Å². The van der Waals surface area contributed by atoms with Gasteiger partial charge < -0.3 is 9.84 Å². The Kier molecular flexibility index (Phi) is 10.00. The molecule has 0 bridgehead atoms. The zero-order valence-corrected chi connectivity index (χ0v) is 20.5. The Morgan fingerprint density at radius 3 is 2.38 bits per heavy atom. The Bertz CT molecular complexity index is 1060. The van der Waals surface area contributed by atoms with E-state index in [2.05, 4.69) is 4.72 Å². The van der Waals surface area contributed by atoms with Crippen molar-refractivity contribution in [3.63, 3.8) is 0 Å². The van der Waals surface area contributed by atoms with Gasteiger partial charge in [0.05, 0.1) is 26.5 Å². The fraction of sp³-hybridized carbons (Fsp3) is 0.333. The maximum Gasteiger partial charge on any atom is 0.341 e. The SMILES string of the molecule is CC[C@H](NS(=O)(=O)c1cccc(CSC(C)=O)c1)C(O)COC(=O)c1c(Cl)cccc1Cl. The van der Waals surface area contributed by atoms with Gasteiger partial charge in [0, 0.05) is 12.7 Å². The average Bonchev–Trinajstić information content (AvgIpc) is 2.74. The zero-order chi connectivity index (χ0) is 23.9. The zero-order valence-electron chi connectivity index (χ0n) is 17.4. The quantitative estimate of drug-likeness (QED) is 0.455. The number of sulfonamides is 1. The summed E-state index contributed by atoms with van der Waals surface area (Å²) >= 11 is 13.0. The van der Waals surface area contributed by atoms with Gasteiger partial charge in [-0.2, -0.15) is 0 Å². The van der Waals surface area contributed by atoms with Gasteiger partial charge in [-0.05, 0) is 36.2 Å². The minimum Gasteiger partial charge on any atom is -0.459 e. The van der Waals surface area contributed by atoms with Crippen LogP contribution in [0, 0.1) is 0 Å². The van der Waals surface area contributed by atoms with Crippen LogP contribution in [-0.2, 0) is 25.3 Å². The summed E-state index contributed by atoms with van der Waals surface area (Å²) in [4.78, 5) is 23.4. The minimum absolute atomic E-state index is 0.00430. The first kappa shape index (κ1) is 26.6. The summed E-state index contributed by atoms with van der Waals surface area (Å²) in [5, 5.41) is 10.6. The average molecular weight is 520 g/mol. The largest absolute Gasteiger partial charge is 0.459 e. The number of halogens is 2. The van der Waals surface area contributed by atoms with Gasteiger partial charge in [0.25, 0.3) is 0 Å². The third kappa shape index (κ3) is 7.47. The highest BCUT2D eigenvalue weighted by atomic mass is 35.5. The van der Waals surface area contributed by atoms with Crippen LogP contribution in [0.25, 0.3) is 0 Å². The van der Waals surface area contributed by atoms with Crippen LogP contribution in [0.2, 0.25) is 10.0 Å². The second-order valence-corrected chi connectivity index (χ2v) is 10.5. The van der Waals surface area contributed by atoms with Gasteiger partial charge >= 0.3 is 5.97 Å². The molecule has 2 N–H and O–H groups in total. The van der Waals surface area contributed by atoms with Crippen molar-refractivity contribution in [2.24, 2.45) is 0 Å². The monoisotopic (exact) mass is 519 g/mol. The highest BCUT2D eigenvalue weighted by Crippen LogP contribution is 2.25. The first-order valence-electron chi connectivity index (χ1n) is 9.59. The first-order chi connectivity index (χ1) is 15.0. The second-order valence-electron chi connectivity index (χ2n) is 6.83. The number of hydrogen-bond acceptors (Lipinski definition) is 7. The lowest BCUT2D eigenvalue weighted by Gasteiger charge is -2.23. The molecule has 0 radical (unpaired) electrons. The van der Waals surface area contributed by atoms with Crippen molar-refractivity contribution in [2.75, 3.05) is 6.61 Å². The molecular weight excluding hydrogens is 497 g/mol. The Morgan fingerprint density at radius 1 is 1.16 bits per heavy atom. The molecule has 0 aromatic heterocycles. The number of hydrogen-bond donors (Lipinski definition) is 2. The third-order valence-corrected chi connectivity index (χ3v) is 7.42. The lowest BCUT2D eigenvalue weighted by Crippen LogP contribution is -2.45. The molecule has 0 spiro atoms. The van der Waals surface area contributed by atoms with Gasteiger partial charge in [-0.25, -0.2) is 17.9 Å². The van der Waals surface area contributed by atoms with Gasteiger partial charge in [-0.1, -0.05) is 60.1 Å². The highest BCUT2D eigenvalue weighted by molar-refractivity contribution is 8.12. The smallest absolute Gasteiger partial charge is 0.341 e. The second kappa shape index (κ2) is 12.0. The third-order valence-electron chi connectivity index (χ3n) is 4.41. The molecule has 0 aliphatic carbocycles. The maximum absolute atomic E-state index is 12.8. The van der Waals surface area contributed by atoms with E-state index in [1.165, 1.54) is 31.2 Å². The number of rotatable bonds is 10. The molecule has 0 fully saturated rings. The standard InChI is InChI=1S/C21H23Cl2NO6S2/c1-3-18(19(26)11-30-21(27)20-16(22)8-5-9-17(20)23)24-32(28,29)15-7-4-6-14(10-15)12-31-13(2)25/h4-10,18-19,24,26H,3,11-12H2,1-2H3/t18-,19?/m0/s1. The molecule has 11 heteroatoms. The van der Waals surface area contributed by atoms with Crippen LogP contribution in [0.4, 0.5) is 0 Å². The summed E-state index contributed by atoms with van der Waals surface area (Å²) in [6.45, 7) is 2.66. The summed E-state index contributed by atoms with van der Waals surface area (Å²) < 4.78 is 33.2. The van der Waals surface area contributed by atoms with Crippen LogP contribution in [0.5, 0.6) is 0 Å². The molecule has 0 saturated heterocycles. The van der Waals surface area contributed by atoms with E-state index in [0.29, 0.717) is 11.3 Å². The number of thioether (sulfide) groups is 1. The van der Waals surface area contributed by atoms with E-state index in [4.69, 9.17) is 27.9 Å². The summed E-state index contributed by atoms with van der Waals surface area (Å²) in [5.74, 6) is -0.480. The Labute approximate surface area is 201 Å². The Balaban J connectivity index is 2.06. The van der Waals surface area contributed by atoms with Crippen molar-refractivity contribution >= 4 is 56.1 Å². The molecule has 0 saturated carbocycles. The van der Waals surface area contributed by atoms with E-state index in [1.807, 2.05) is 0 Å². The van der Waals surface area contributed by atoms with Crippen molar-refractivity contribution < 1.29 is 27.9 Å². The van der Waals surface area contributed by atoms with Gasteiger partial charge in [-0.3, -0.25) is 4.79 Å². The maximum atomic E-state index is 12.8. The molecule has 0 heterocycles. The van der Waals surface area contributed by atoms with E-state index in [-0.39, 0.29) is 32.0 Å². The molecular formula is C21H23Cl2NO6S2. The molecule has 32 heavy (non-hydrogen) atoms. The van der Waals surface area contributed by atoms with Crippen molar-refractivity contribution in [1.82, 2.24) is 4.72 Å². The fourth-order valence-electron chi connectivity index (χ4n) is 2.73. The molecule has 2 aromatic rings. The van der Waals surface area contributed by atoms with Crippen molar-refractivity contribution in [3.8, 4) is 0 Å². The topological polar surface area (TPSA) is 110 Å². The normalized spacial score (nSPS) is 13.4. The summed E-state index contributed by atoms with van der Waals surface area (Å²) in [6, 6.07) is 9.81. The highest BCUT2D eigenvalue weighted by Gasteiger charge is 2.27. The number of benzene rings is 2. The van der Waals surface area contributed by atoms with E-state index < -0.39 is 34.7 Å². The van der Waals surface area contributed by atoms with Gasteiger partial charge in [0.15, 0.2) is 5.12 Å². The predicted octanol–water partition coefficient (Wildman–Crippen LogP) is 4.05. The number of nitrogens with one attached hydrogen (secondary N) is 1. The molecule has 2 atom stereocenters. The van der Waals surface area contributed by atoms with Gasteiger partial charge in [0.1, 0.15) is 12.7 Å². The van der Waals surface area contributed by atoms with Crippen LogP contribution >= 0.6 is 35.0 Å². The van der Waals surface area contributed by atoms with E-state index >= 15 is 0 Å². The number of ether oxygens (including phenoxy) is 1. The Hall–Kier alpha value is -1.62. The van der Waals surface area contributed by atoms with Gasteiger partial charge in [-0.15, -0.1) is 0 Å². The summed E-state index contributed by atoms with van der Waals surface area (Å²) in [7, 11) is -3.97. The molecule has 0 aliphatic heterocycles. The van der Waals surface area contributed by atoms with Crippen LogP contribution in [0.1, 0.15) is 36.2 Å².